The van der Waals surface area contributed by atoms with E-state index in [9.17, 15) is 0 Å². The molecule has 0 N–H and O–H groups in total. The predicted octanol–water partition coefficient (Wildman–Crippen LogP) is 12.9. The zero-order chi connectivity index (χ0) is 33.6. The lowest BCUT2D eigenvalue weighted by Gasteiger charge is -2.15. The van der Waals surface area contributed by atoms with E-state index in [0.29, 0.717) is 5.89 Å². The monoisotopic (exact) mass is 644 g/mol. The van der Waals surface area contributed by atoms with Gasteiger partial charge in [-0.3, -0.25) is 0 Å². The number of aromatic nitrogens is 2. The average molecular weight is 645 g/mol. The normalized spacial score (nSPS) is 11.6. The van der Waals surface area contributed by atoms with Crippen molar-refractivity contribution in [1.82, 2.24) is 9.55 Å². The number of aryl methyl sites for hydroxylation is 2. The first kappa shape index (κ1) is 29.9. The van der Waals surface area contributed by atoms with Crippen molar-refractivity contribution in [2.75, 3.05) is 0 Å². The van der Waals surface area contributed by atoms with Crippen LogP contribution in [-0.2, 0) is 6.42 Å². The molecule has 9 rings (SSSR count). The highest BCUT2D eigenvalue weighted by Gasteiger charge is 2.17. The van der Waals surface area contributed by atoms with Crippen LogP contribution in [-0.4, -0.2) is 9.55 Å². The number of para-hydroxylation sites is 2. The minimum Gasteiger partial charge on any atom is -0.436 e. The van der Waals surface area contributed by atoms with E-state index in [1.165, 1.54) is 66.4 Å². The number of oxazole rings is 1. The maximum absolute atomic E-state index is 6.37. The van der Waals surface area contributed by atoms with Gasteiger partial charge in [0.15, 0.2) is 5.58 Å². The van der Waals surface area contributed by atoms with E-state index in [1.54, 1.807) is 0 Å². The Hall–Kier alpha value is -6.19. The van der Waals surface area contributed by atoms with Crippen molar-refractivity contribution in [1.29, 1.82) is 0 Å². The van der Waals surface area contributed by atoms with Gasteiger partial charge >= 0.3 is 0 Å². The van der Waals surface area contributed by atoms with E-state index >= 15 is 0 Å². The number of benzene rings is 7. The second kappa shape index (κ2) is 12.4. The maximum Gasteiger partial charge on any atom is 0.227 e. The molecule has 0 fully saturated rings. The van der Waals surface area contributed by atoms with Crippen LogP contribution in [0.1, 0.15) is 24.5 Å². The Balaban J connectivity index is 1.12. The molecule has 0 aliphatic heterocycles. The molecule has 7 aromatic carbocycles. The summed E-state index contributed by atoms with van der Waals surface area (Å²) in [5, 5.41) is 2.50. The first-order valence-corrected chi connectivity index (χ1v) is 17.4. The Labute approximate surface area is 292 Å². The molecule has 0 saturated heterocycles. The molecule has 0 aliphatic carbocycles. The van der Waals surface area contributed by atoms with Crippen LogP contribution in [0.25, 0.3) is 83.4 Å². The maximum atomic E-state index is 6.37. The van der Waals surface area contributed by atoms with Crippen LogP contribution in [0.5, 0.6) is 0 Å². The van der Waals surface area contributed by atoms with Crippen LogP contribution in [0.2, 0.25) is 0 Å². The topological polar surface area (TPSA) is 31.0 Å². The van der Waals surface area contributed by atoms with Crippen molar-refractivity contribution >= 4 is 32.9 Å². The van der Waals surface area contributed by atoms with E-state index in [-0.39, 0.29) is 0 Å². The zero-order valence-corrected chi connectivity index (χ0v) is 28.2. The summed E-state index contributed by atoms with van der Waals surface area (Å²) in [5.74, 6) is 0.664. The summed E-state index contributed by atoms with van der Waals surface area (Å²) < 4.78 is 8.73. The van der Waals surface area contributed by atoms with Gasteiger partial charge in [-0.2, -0.15) is 0 Å². The van der Waals surface area contributed by atoms with Crippen LogP contribution in [0.3, 0.4) is 0 Å². The second-order valence-electron chi connectivity index (χ2n) is 13.1. The fourth-order valence-electron chi connectivity index (χ4n) is 7.56. The molecular weight excluding hydrogens is 609 g/mol. The molecule has 2 aromatic heterocycles. The smallest absolute Gasteiger partial charge is 0.227 e. The van der Waals surface area contributed by atoms with Gasteiger partial charge in [-0.1, -0.05) is 123 Å². The summed E-state index contributed by atoms with van der Waals surface area (Å²) in [6.07, 6.45) is 2.05. The van der Waals surface area contributed by atoms with Gasteiger partial charge in [0.2, 0.25) is 5.89 Å². The van der Waals surface area contributed by atoms with E-state index in [4.69, 9.17) is 9.40 Å². The molecule has 3 heteroatoms. The van der Waals surface area contributed by atoms with Crippen LogP contribution in [0, 0.1) is 6.92 Å². The summed E-state index contributed by atoms with van der Waals surface area (Å²) in [4.78, 5) is 4.89. The first-order valence-electron chi connectivity index (χ1n) is 17.4. The summed E-state index contributed by atoms with van der Waals surface area (Å²) in [7, 11) is 0. The Morgan fingerprint density at radius 1 is 0.540 bits per heavy atom. The highest BCUT2D eigenvalue weighted by atomic mass is 16.3. The summed E-state index contributed by atoms with van der Waals surface area (Å²) in [6, 6.07) is 56.7. The molecule has 0 amide bonds. The second-order valence-corrected chi connectivity index (χ2v) is 13.1. The first-order chi connectivity index (χ1) is 24.7. The number of hydrogen-bond donors (Lipinski definition) is 0. The van der Waals surface area contributed by atoms with Crippen molar-refractivity contribution in [3.8, 4) is 50.5 Å². The van der Waals surface area contributed by atoms with E-state index in [2.05, 4.69) is 176 Å². The van der Waals surface area contributed by atoms with E-state index < -0.39 is 0 Å². The van der Waals surface area contributed by atoms with Crippen molar-refractivity contribution in [2.24, 2.45) is 0 Å². The van der Waals surface area contributed by atoms with Gasteiger partial charge < -0.3 is 8.98 Å². The van der Waals surface area contributed by atoms with Crippen LogP contribution >= 0.6 is 0 Å². The molecule has 0 spiro atoms. The SMILES string of the molecule is CCCc1cc(C)cc2nc(-c3ccc(-c4ccccc4-c4ccccc4-c4ccc5c(c4)c4ccccc4n5-c4ccccc4)cc3)oc12. The number of fused-ring (bicyclic) bond motifs is 4. The van der Waals surface area contributed by atoms with Gasteiger partial charge in [0, 0.05) is 22.0 Å². The molecule has 50 heavy (non-hydrogen) atoms. The highest BCUT2D eigenvalue weighted by molar-refractivity contribution is 6.11. The van der Waals surface area contributed by atoms with Crippen LogP contribution in [0.15, 0.2) is 162 Å². The van der Waals surface area contributed by atoms with Gasteiger partial charge in [-0.25, -0.2) is 4.98 Å². The van der Waals surface area contributed by atoms with Crippen LogP contribution < -0.4 is 0 Å². The summed E-state index contributed by atoms with van der Waals surface area (Å²) >= 11 is 0. The third kappa shape index (κ3) is 5.10. The van der Waals surface area contributed by atoms with Crippen molar-refractivity contribution < 1.29 is 4.42 Å². The third-order valence-electron chi connectivity index (χ3n) is 9.82. The summed E-state index contributed by atoms with van der Waals surface area (Å²) in [5.41, 5.74) is 16.0. The lowest BCUT2D eigenvalue weighted by Crippen LogP contribution is -1.93. The fraction of sp³-hybridized carbons (Fsp3) is 0.0851. The predicted molar refractivity (Wildman–Crippen MR) is 209 cm³/mol. The Morgan fingerprint density at radius 2 is 1.14 bits per heavy atom. The molecule has 0 saturated carbocycles. The molecular formula is C47H36N2O. The number of nitrogens with zero attached hydrogens (tertiary/aromatic N) is 2. The quantitative estimate of drug-likeness (QED) is 0.173. The lowest BCUT2D eigenvalue weighted by molar-refractivity contribution is 0.614. The van der Waals surface area contributed by atoms with Gasteiger partial charge in [0.1, 0.15) is 5.52 Å². The van der Waals surface area contributed by atoms with Gasteiger partial charge in [0.25, 0.3) is 0 Å². The van der Waals surface area contributed by atoms with Gasteiger partial charge in [-0.15, -0.1) is 0 Å². The molecule has 0 atom stereocenters. The molecule has 2 heterocycles. The molecule has 0 bridgehead atoms. The standard InChI is InChI=1S/C47H36N2O/c1-3-13-35-28-31(2)29-43-46(35)50-47(48-43)33-24-22-32(23-25-33)37-16-7-9-18-39(37)40-19-10-8-17-38(40)34-26-27-45-42(30-34)41-20-11-12-21-44(41)49(45)36-14-5-4-6-15-36/h4-12,14-30H,3,13H2,1-2H3. The molecule has 0 unspecified atom stereocenters. The number of rotatable bonds is 7. The zero-order valence-electron chi connectivity index (χ0n) is 28.2. The largest absolute Gasteiger partial charge is 0.436 e. The molecule has 0 aliphatic rings. The lowest BCUT2D eigenvalue weighted by atomic mass is 9.89. The number of hydrogen-bond acceptors (Lipinski definition) is 2. The molecule has 240 valence electrons. The minimum absolute atomic E-state index is 0.664. The van der Waals surface area contributed by atoms with Crippen molar-refractivity contribution in [2.45, 2.75) is 26.7 Å². The Kier molecular flexibility index (Phi) is 7.39. The van der Waals surface area contributed by atoms with E-state index in [1.807, 2.05) is 0 Å². The highest BCUT2D eigenvalue weighted by Crippen LogP contribution is 2.41. The van der Waals surface area contributed by atoms with E-state index in [0.717, 1.165) is 35.1 Å². The van der Waals surface area contributed by atoms with Crippen molar-refractivity contribution in [3.05, 3.63) is 169 Å². The molecule has 3 nitrogen and oxygen atoms in total. The Morgan fingerprint density at radius 3 is 1.88 bits per heavy atom. The van der Waals surface area contributed by atoms with Gasteiger partial charge in [-0.05, 0) is 106 Å². The van der Waals surface area contributed by atoms with Gasteiger partial charge in [0.05, 0.1) is 11.0 Å². The van der Waals surface area contributed by atoms with Crippen molar-refractivity contribution in [3.63, 3.8) is 0 Å². The summed E-state index contributed by atoms with van der Waals surface area (Å²) in [6.45, 7) is 4.32. The fourth-order valence-corrected chi connectivity index (χ4v) is 7.56. The molecule has 9 aromatic rings. The third-order valence-corrected chi connectivity index (χ3v) is 9.82. The minimum atomic E-state index is 0.664. The average Bonchev–Trinajstić information content (AvgIpc) is 3.75. The van der Waals surface area contributed by atoms with Crippen LogP contribution in [0.4, 0.5) is 0 Å². The molecule has 0 radical (unpaired) electrons. The Bertz CT molecular complexity index is 2660.